The Hall–Kier alpha value is -0.940. The van der Waals surface area contributed by atoms with E-state index in [0.717, 1.165) is 0 Å². The van der Waals surface area contributed by atoms with Gasteiger partial charge in [0, 0.05) is 0 Å². The van der Waals surface area contributed by atoms with Crippen LogP contribution in [0.2, 0.25) is 0 Å². The Balaban J connectivity index is 3.36. The van der Waals surface area contributed by atoms with Crippen LogP contribution in [0, 0.1) is 0 Å². The molecule has 5 nitrogen and oxygen atoms in total. The molecule has 0 rings (SSSR count). The first-order valence-electron chi connectivity index (χ1n) is 2.22. The summed E-state index contributed by atoms with van der Waals surface area (Å²) < 4.78 is 0. The van der Waals surface area contributed by atoms with Crippen molar-refractivity contribution in [2.24, 2.45) is 4.99 Å². The number of aliphatic hydroxyl groups excluding tert-OH is 1. The van der Waals surface area contributed by atoms with E-state index in [1.54, 1.807) is 0 Å². The molecule has 0 aromatic rings. The number of hydrogen-bond donors (Lipinski definition) is 3. The predicted octanol–water partition coefficient (Wildman–Crippen LogP) is -1.55. The van der Waals surface area contributed by atoms with Gasteiger partial charge in [0.05, 0.1) is 6.54 Å². The Kier molecular flexibility index (Phi) is 3.57. The molecular weight excluding hydrogens is 126 g/mol. The van der Waals surface area contributed by atoms with Gasteiger partial charge in [-0.1, -0.05) is 0 Å². The number of nitrogens with zero attached hydrogens (tertiary/aromatic N) is 1. The van der Waals surface area contributed by atoms with Gasteiger partial charge in [0.1, 0.15) is 6.21 Å². The van der Waals surface area contributed by atoms with Crippen LogP contribution in [0.25, 0.3) is 0 Å². The molecule has 0 fully saturated rings. The van der Waals surface area contributed by atoms with E-state index in [2.05, 4.69) is 4.99 Å². The molecule has 0 aromatic carbocycles. The lowest BCUT2D eigenvalue weighted by Crippen LogP contribution is -2.09. The molecule has 0 unspecified atom stereocenters. The fourth-order valence-corrected chi connectivity index (χ4v) is 0.225. The average molecular weight is 133 g/mol. The van der Waals surface area contributed by atoms with Gasteiger partial charge >= 0.3 is 5.97 Å². The van der Waals surface area contributed by atoms with Gasteiger partial charge in [-0.05, 0) is 0 Å². The molecule has 0 aromatic heterocycles. The third-order valence-electron chi connectivity index (χ3n) is 0.470. The lowest BCUT2D eigenvalue weighted by atomic mass is 10.6. The van der Waals surface area contributed by atoms with Gasteiger partial charge in [-0.15, -0.1) is 0 Å². The van der Waals surface area contributed by atoms with E-state index >= 15 is 0 Å². The molecule has 5 heteroatoms. The van der Waals surface area contributed by atoms with Gasteiger partial charge in [-0.2, -0.15) is 0 Å². The molecule has 0 bridgehead atoms. The molecule has 9 heavy (non-hydrogen) atoms. The van der Waals surface area contributed by atoms with Crippen LogP contribution in [0.4, 0.5) is 0 Å². The fraction of sp³-hybridized carbons (Fsp3) is 0.500. The first kappa shape index (κ1) is 8.06. The maximum absolute atomic E-state index is 9.67. The van der Waals surface area contributed by atoms with Crippen molar-refractivity contribution >= 4 is 12.2 Å². The summed E-state index contributed by atoms with van der Waals surface area (Å²) in [5.41, 5.74) is 0. The van der Waals surface area contributed by atoms with Crippen molar-refractivity contribution in [3.63, 3.8) is 0 Å². The second-order valence-corrected chi connectivity index (χ2v) is 1.31. The summed E-state index contributed by atoms with van der Waals surface area (Å²) in [6, 6.07) is 0. The van der Waals surface area contributed by atoms with Crippen LogP contribution in [0.5, 0.6) is 0 Å². The van der Waals surface area contributed by atoms with Crippen molar-refractivity contribution in [1.29, 1.82) is 0 Å². The number of carboxylic acids is 1. The van der Waals surface area contributed by atoms with Crippen molar-refractivity contribution in [3.8, 4) is 0 Å². The molecule has 3 N–H and O–H groups in total. The second-order valence-electron chi connectivity index (χ2n) is 1.31. The molecular formula is C4H7NO4. The summed E-state index contributed by atoms with van der Waals surface area (Å²) in [4.78, 5) is 12.8. The first-order valence-corrected chi connectivity index (χ1v) is 2.22. The van der Waals surface area contributed by atoms with Crippen LogP contribution < -0.4 is 0 Å². The topological polar surface area (TPSA) is 90.1 Å². The normalized spacial score (nSPS) is 11.0. The second kappa shape index (κ2) is 3.99. The Morgan fingerprint density at radius 1 is 1.67 bits per heavy atom. The Morgan fingerprint density at radius 2 is 2.22 bits per heavy atom. The highest BCUT2D eigenvalue weighted by Crippen LogP contribution is 1.74. The third kappa shape index (κ3) is 7.06. The summed E-state index contributed by atoms with van der Waals surface area (Å²) in [7, 11) is 0. The van der Waals surface area contributed by atoms with Crippen molar-refractivity contribution < 1.29 is 20.1 Å². The van der Waals surface area contributed by atoms with Crippen LogP contribution in [-0.4, -0.2) is 40.3 Å². The van der Waals surface area contributed by atoms with Crippen LogP contribution in [0.3, 0.4) is 0 Å². The van der Waals surface area contributed by atoms with E-state index in [4.69, 9.17) is 15.3 Å². The Bertz CT molecular complexity index is 120. The minimum Gasteiger partial charge on any atom is -0.477 e. The van der Waals surface area contributed by atoms with Crippen molar-refractivity contribution in [1.82, 2.24) is 0 Å². The van der Waals surface area contributed by atoms with Gasteiger partial charge in [-0.25, -0.2) is 4.79 Å². The summed E-state index contributed by atoms with van der Waals surface area (Å²) in [5, 5.41) is 24.1. The third-order valence-corrected chi connectivity index (χ3v) is 0.470. The van der Waals surface area contributed by atoms with E-state index in [0.29, 0.717) is 6.21 Å². The van der Waals surface area contributed by atoms with E-state index in [9.17, 15) is 4.79 Å². The van der Waals surface area contributed by atoms with E-state index in [1.165, 1.54) is 0 Å². The van der Waals surface area contributed by atoms with E-state index < -0.39 is 12.3 Å². The largest absolute Gasteiger partial charge is 0.477 e. The van der Waals surface area contributed by atoms with Gasteiger partial charge in [0.2, 0.25) is 0 Å². The molecule has 0 aliphatic rings. The zero-order valence-corrected chi connectivity index (χ0v) is 4.56. The molecule has 0 saturated heterocycles. The molecule has 0 atom stereocenters. The highest BCUT2D eigenvalue weighted by molar-refractivity contribution is 6.21. The van der Waals surface area contributed by atoms with Crippen LogP contribution in [-0.2, 0) is 4.79 Å². The minimum absolute atomic E-state index is 0.299. The number of rotatable bonds is 3. The number of carboxylic acid groups (broad SMARTS) is 1. The summed E-state index contributed by atoms with van der Waals surface area (Å²) in [5.74, 6) is -1.20. The SMILES string of the molecule is O=C(O)C=NCC(O)O. The quantitative estimate of drug-likeness (QED) is 0.321. The summed E-state index contributed by atoms with van der Waals surface area (Å²) >= 11 is 0. The molecule has 0 heterocycles. The van der Waals surface area contributed by atoms with Gasteiger partial charge in [0.25, 0.3) is 0 Å². The van der Waals surface area contributed by atoms with Crippen molar-refractivity contribution in [3.05, 3.63) is 0 Å². The molecule has 0 spiro atoms. The minimum atomic E-state index is -1.57. The lowest BCUT2D eigenvalue weighted by Gasteiger charge is -1.93. The molecule has 0 saturated carbocycles. The molecule has 0 radical (unpaired) electrons. The van der Waals surface area contributed by atoms with Crippen molar-refractivity contribution in [2.75, 3.05) is 6.54 Å². The highest BCUT2D eigenvalue weighted by atomic mass is 16.5. The molecule has 0 amide bonds. The van der Waals surface area contributed by atoms with Crippen molar-refractivity contribution in [2.45, 2.75) is 6.29 Å². The molecule has 52 valence electrons. The Morgan fingerprint density at radius 3 is 2.56 bits per heavy atom. The smallest absolute Gasteiger partial charge is 0.346 e. The maximum atomic E-state index is 9.67. The number of carbonyl (C=O) groups is 1. The van der Waals surface area contributed by atoms with Crippen LogP contribution >= 0.6 is 0 Å². The van der Waals surface area contributed by atoms with Gasteiger partial charge < -0.3 is 15.3 Å². The molecule has 0 aliphatic carbocycles. The number of hydrogen-bond acceptors (Lipinski definition) is 4. The zero-order chi connectivity index (χ0) is 7.28. The summed E-state index contributed by atoms with van der Waals surface area (Å²) in [6.07, 6.45) is -0.958. The maximum Gasteiger partial charge on any atom is 0.346 e. The summed E-state index contributed by atoms with van der Waals surface area (Å²) in [6.45, 7) is -0.299. The van der Waals surface area contributed by atoms with Crippen LogP contribution in [0.1, 0.15) is 0 Å². The van der Waals surface area contributed by atoms with Crippen LogP contribution in [0.15, 0.2) is 4.99 Å². The Labute approximate surface area is 51.3 Å². The number of aliphatic imine (C=N–C) groups is 1. The van der Waals surface area contributed by atoms with E-state index in [1.807, 2.05) is 0 Å². The lowest BCUT2D eigenvalue weighted by molar-refractivity contribution is -0.128. The predicted molar refractivity (Wildman–Crippen MR) is 29.2 cm³/mol. The number of aliphatic carboxylic acids is 1. The van der Waals surface area contributed by atoms with E-state index in [-0.39, 0.29) is 6.54 Å². The standard InChI is InChI=1S/C4H7NO4/c6-3(7)1-5-2-4(8)9/h1,4,8-9H,2H2,(H,6,7). The number of aliphatic hydroxyl groups is 2. The highest BCUT2D eigenvalue weighted by Gasteiger charge is 1.92. The van der Waals surface area contributed by atoms with Gasteiger partial charge in [0.15, 0.2) is 6.29 Å². The first-order chi connectivity index (χ1) is 4.13. The molecule has 0 aliphatic heterocycles. The zero-order valence-electron chi connectivity index (χ0n) is 4.56. The van der Waals surface area contributed by atoms with Gasteiger partial charge in [-0.3, -0.25) is 4.99 Å². The fourth-order valence-electron chi connectivity index (χ4n) is 0.225. The monoisotopic (exact) mass is 133 g/mol. The average Bonchev–Trinajstić information content (AvgIpc) is 1.63.